The van der Waals surface area contributed by atoms with Crippen LogP contribution in [0.4, 0.5) is 5.88 Å². The van der Waals surface area contributed by atoms with Gasteiger partial charge in [0.2, 0.25) is 5.88 Å². The van der Waals surface area contributed by atoms with Crippen LogP contribution in [0.3, 0.4) is 0 Å². The fourth-order valence-electron chi connectivity index (χ4n) is 2.31. The summed E-state index contributed by atoms with van der Waals surface area (Å²) in [4.78, 5) is 12.4. The second-order valence-corrected chi connectivity index (χ2v) is 5.68. The maximum absolute atomic E-state index is 12.4. The molecular weight excluding hydrogens is 270 g/mol. The number of furan rings is 1. The number of nitrogen functional groups attached to an aromatic ring is 1. The molecule has 0 saturated heterocycles. The number of nitrogens with two attached hydrogens (primary N) is 1. The van der Waals surface area contributed by atoms with Crippen LogP contribution < -0.4 is 11.1 Å². The van der Waals surface area contributed by atoms with Gasteiger partial charge >= 0.3 is 0 Å². The zero-order chi connectivity index (χ0) is 15.6. The van der Waals surface area contributed by atoms with E-state index >= 15 is 0 Å². The molecule has 21 heavy (non-hydrogen) atoms. The molecule has 0 radical (unpaired) electrons. The van der Waals surface area contributed by atoms with Crippen LogP contribution in [-0.2, 0) is 0 Å². The Kier molecular flexibility index (Phi) is 4.35. The predicted molar refractivity (Wildman–Crippen MR) is 79.7 cm³/mol. The summed E-state index contributed by atoms with van der Waals surface area (Å²) in [6.45, 7) is 7.98. The van der Waals surface area contributed by atoms with Crippen LogP contribution in [0, 0.1) is 12.8 Å². The highest BCUT2D eigenvalue weighted by Gasteiger charge is 2.25. The fourth-order valence-corrected chi connectivity index (χ4v) is 2.31. The van der Waals surface area contributed by atoms with E-state index in [4.69, 9.17) is 14.7 Å². The first-order chi connectivity index (χ1) is 9.88. The number of carbonyl (C=O) groups excluding carboxylic acids is 1. The number of amides is 1. The van der Waals surface area contributed by atoms with Crippen molar-refractivity contribution in [1.82, 2.24) is 10.5 Å². The first-order valence-corrected chi connectivity index (χ1v) is 7.01. The van der Waals surface area contributed by atoms with Crippen LogP contribution in [0.25, 0.3) is 11.5 Å². The molecule has 1 atom stereocenters. The largest absolute Gasteiger partial charge is 0.460 e. The fraction of sp³-hybridized carbons (Fsp3) is 0.467. The second kappa shape index (κ2) is 6.03. The van der Waals surface area contributed by atoms with Gasteiger partial charge in [0.25, 0.3) is 5.91 Å². The maximum atomic E-state index is 12.4. The number of carbonyl (C=O) groups is 1. The summed E-state index contributed by atoms with van der Waals surface area (Å²) < 4.78 is 10.4. The van der Waals surface area contributed by atoms with Crippen molar-refractivity contribution in [3.8, 4) is 11.5 Å². The molecule has 0 aliphatic carbocycles. The summed E-state index contributed by atoms with van der Waals surface area (Å²) in [6.07, 6.45) is 0.881. The Labute approximate surface area is 123 Å². The monoisotopic (exact) mass is 291 g/mol. The molecule has 3 N–H and O–H groups in total. The highest BCUT2D eigenvalue weighted by Crippen LogP contribution is 2.28. The molecule has 0 spiro atoms. The number of hydrogen-bond acceptors (Lipinski definition) is 5. The number of hydrogen-bond donors (Lipinski definition) is 2. The van der Waals surface area contributed by atoms with Crippen molar-refractivity contribution >= 4 is 11.8 Å². The third kappa shape index (κ3) is 3.45. The minimum atomic E-state index is -0.300. The molecule has 6 heteroatoms. The molecular formula is C15H21N3O3. The Morgan fingerprint density at radius 3 is 2.67 bits per heavy atom. The third-order valence-corrected chi connectivity index (χ3v) is 3.12. The van der Waals surface area contributed by atoms with Crippen LogP contribution in [0.2, 0.25) is 0 Å². The average Bonchev–Trinajstić information content (AvgIpc) is 2.93. The van der Waals surface area contributed by atoms with Gasteiger partial charge in [0.1, 0.15) is 11.3 Å². The quantitative estimate of drug-likeness (QED) is 0.883. The van der Waals surface area contributed by atoms with Crippen molar-refractivity contribution in [3.63, 3.8) is 0 Å². The molecule has 114 valence electrons. The first-order valence-electron chi connectivity index (χ1n) is 7.01. The van der Waals surface area contributed by atoms with E-state index in [1.54, 1.807) is 12.1 Å². The van der Waals surface area contributed by atoms with Crippen molar-refractivity contribution in [2.24, 2.45) is 5.92 Å². The zero-order valence-corrected chi connectivity index (χ0v) is 12.8. The van der Waals surface area contributed by atoms with E-state index < -0.39 is 0 Å². The van der Waals surface area contributed by atoms with Gasteiger partial charge in [0.05, 0.1) is 0 Å². The smallest absolute Gasteiger partial charge is 0.259 e. The maximum Gasteiger partial charge on any atom is 0.259 e. The van der Waals surface area contributed by atoms with Gasteiger partial charge in [0.15, 0.2) is 11.5 Å². The van der Waals surface area contributed by atoms with Crippen molar-refractivity contribution in [1.29, 1.82) is 0 Å². The summed E-state index contributed by atoms with van der Waals surface area (Å²) in [5.41, 5.74) is 6.28. The van der Waals surface area contributed by atoms with Gasteiger partial charge in [-0.15, -0.1) is 0 Å². The van der Waals surface area contributed by atoms with Crippen LogP contribution in [-0.4, -0.2) is 17.1 Å². The molecule has 0 aromatic carbocycles. The number of anilines is 1. The Hall–Kier alpha value is -2.24. The standard InChI is InChI=1S/C15H21N3O3/c1-8(2)7-9(3)17-15(19)12-13(18-21-14(12)16)11-6-5-10(4)20-11/h5-6,8-9H,7,16H2,1-4H3,(H,17,19). The van der Waals surface area contributed by atoms with Crippen LogP contribution in [0.5, 0.6) is 0 Å². The van der Waals surface area contributed by atoms with E-state index in [1.165, 1.54) is 0 Å². The third-order valence-electron chi connectivity index (χ3n) is 3.12. The molecule has 0 fully saturated rings. The zero-order valence-electron chi connectivity index (χ0n) is 12.8. The lowest BCUT2D eigenvalue weighted by Crippen LogP contribution is -2.33. The average molecular weight is 291 g/mol. The highest BCUT2D eigenvalue weighted by atomic mass is 16.5. The number of rotatable bonds is 5. The summed E-state index contributed by atoms with van der Waals surface area (Å²) in [5, 5.41) is 6.74. The molecule has 0 aliphatic heterocycles. The van der Waals surface area contributed by atoms with Gasteiger partial charge in [-0.05, 0) is 38.3 Å². The normalized spacial score (nSPS) is 12.6. The van der Waals surface area contributed by atoms with E-state index in [-0.39, 0.29) is 23.4 Å². The number of nitrogens with one attached hydrogen (secondary N) is 1. The lowest BCUT2D eigenvalue weighted by molar-refractivity contribution is 0.0937. The molecule has 1 unspecified atom stereocenters. The van der Waals surface area contributed by atoms with E-state index in [0.717, 1.165) is 12.2 Å². The molecule has 0 aliphatic rings. The summed E-state index contributed by atoms with van der Waals surface area (Å²) >= 11 is 0. The SMILES string of the molecule is Cc1ccc(-c2noc(N)c2C(=O)NC(C)CC(C)C)o1. The van der Waals surface area contributed by atoms with Crippen molar-refractivity contribution in [2.45, 2.75) is 40.2 Å². The molecule has 0 bridgehead atoms. The van der Waals surface area contributed by atoms with E-state index in [0.29, 0.717) is 17.4 Å². The molecule has 2 heterocycles. The van der Waals surface area contributed by atoms with Crippen LogP contribution >= 0.6 is 0 Å². The van der Waals surface area contributed by atoms with Crippen LogP contribution in [0.1, 0.15) is 43.3 Å². The molecule has 0 saturated carbocycles. The van der Waals surface area contributed by atoms with Gasteiger partial charge in [-0.2, -0.15) is 0 Å². The van der Waals surface area contributed by atoms with Crippen molar-refractivity contribution in [2.75, 3.05) is 5.73 Å². The molecule has 2 rings (SSSR count). The Morgan fingerprint density at radius 2 is 2.10 bits per heavy atom. The summed E-state index contributed by atoms with van der Waals surface area (Å²) in [6, 6.07) is 3.57. The van der Waals surface area contributed by atoms with Crippen molar-refractivity contribution < 1.29 is 13.7 Å². The number of aromatic nitrogens is 1. The topological polar surface area (TPSA) is 94.3 Å². The van der Waals surface area contributed by atoms with E-state index in [9.17, 15) is 4.79 Å². The minimum Gasteiger partial charge on any atom is -0.460 e. The summed E-state index contributed by atoms with van der Waals surface area (Å²) in [7, 11) is 0. The highest BCUT2D eigenvalue weighted by molar-refractivity contribution is 6.03. The molecule has 6 nitrogen and oxygen atoms in total. The lowest BCUT2D eigenvalue weighted by atomic mass is 10.0. The first kappa shape index (κ1) is 15.2. The van der Waals surface area contributed by atoms with Gasteiger partial charge in [-0.3, -0.25) is 4.79 Å². The molecule has 1 amide bonds. The number of aryl methyl sites for hydroxylation is 1. The number of nitrogens with zero attached hydrogens (tertiary/aromatic N) is 1. The summed E-state index contributed by atoms with van der Waals surface area (Å²) in [5.74, 6) is 1.38. The Morgan fingerprint density at radius 1 is 1.38 bits per heavy atom. The van der Waals surface area contributed by atoms with E-state index in [1.807, 2.05) is 13.8 Å². The molecule has 2 aromatic rings. The van der Waals surface area contributed by atoms with Crippen LogP contribution in [0.15, 0.2) is 21.1 Å². The van der Waals surface area contributed by atoms with Gasteiger partial charge in [-0.25, -0.2) is 0 Å². The predicted octanol–water partition coefficient (Wildman–Crippen LogP) is 2.99. The second-order valence-electron chi connectivity index (χ2n) is 5.68. The Balaban J connectivity index is 2.23. The Bertz CT molecular complexity index is 628. The molecule has 2 aromatic heterocycles. The van der Waals surface area contributed by atoms with Gasteiger partial charge in [0, 0.05) is 6.04 Å². The minimum absolute atomic E-state index is 0.00620. The van der Waals surface area contributed by atoms with Crippen molar-refractivity contribution in [3.05, 3.63) is 23.5 Å². The van der Waals surface area contributed by atoms with E-state index in [2.05, 4.69) is 24.3 Å². The van der Waals surface area contributed by atoms with Gasteiger partial charge in [-0.1, -0.05) is 19.0 Å². The lowest BCUT2D eigenvalue weighted by Gasteiger charge is -2.15. The van der Waals surface area contributed by atoms with Gasteiger partial charge < -0.3 is 20.0 Å².